The van der Waals surface area contributed by atoms with Gasteiger partial charge in [0.15, 0.2) is 5.79 Å². The summed E-state index contributed by atoms with van der Waals surface area (Å²) >= 11 is 0. The number of carbonyl (C=O) groups is 2. The number of carbonyl (C=O) groups excluding carboxylic acids is 2. The Morgan fingerprint density at radius 1 is 1.00 bits per heavy atom. The van der Waals surface area contributed by atoms with Crippen LogP contribution in [0, 0.1) is 11.3 Å². The van der Waals surface area contributed by atoms with Gasteiger partial charge >= 0.3 is 0 Å². The summed E-state index contributed by atoms with van der Waals surface area (Å²) < 4.78 is 11.5. The molecule has 3 heterocycles. The Morgan fingerprint density at radius 3 is 2.05 bits per heavy atom. The molecule has 2 amide bonds. The molecule has 0 aromatic carbocycles. The molecule has 0 unspecified atom stereocenters. The minimum absolute atomic E-state index is 0.00866. The molecule has 3 aliphatic rings. The smallest absolute Gasteiger partial charge is 0.225 e. The lowest BCUT2D eigenvalue weighted by Gasteiger charge is -2.54. The van der Waals surface area contributed by atoms with Gasteiger partial charge in [0, 0.05) is 39.0 Å². The second kappa shape index (κ2) is 5.49. The van der Waals surface area contributed by atoms with Gasteiger partial charge in [-0.05, 0) is 26.7 Å². The molecule has 0 bridgehead atoms. The molecule has 3 aliphatic heterocycles. The first-order chi connectivity index (χ1) is 10.3. The highest BCUT2D eigenvalue weighted by Gasteiger charge is 2.51. The van der Waals surface area contributed by atoms with E-state index in [1.54, 1.807) is 6.92 Å². The fraction of sp³-hybridized carbons (Fsp3) is 0.875. The second-order valence-corrected chi connectivity index (χ2v) is 7.45. The number of amides is 2. The van der Waals surface area contributed by atoms with Crippen molar-refractivity contribution in [2.45, 2.75) is 39.4 Å². The first kappa shape index (κ1) is 15.7. The molecule has 0 radical (unpaired) electrons. The Morgan fingerprint density at radius 2 is 1.55 bits per heavy atom. The van der Waals surface area contributed by atoms with E-state index in [-0.39, 0.29) is 23.1 Å². The molecule has 3 fully saturated rings. The van der Waals surface area contributed by atoms with Crippen LogP contribution < -0.4 is 0 Å². The number of likely N-dealkylation sites (tertiary alicyclic amines) is 2. The molecule has 0 aromatic heterocycles. The number of nitrogens with zero attached hydrogens (tertiary/aromatic N) is 2. The van der Waals surface area contributed by atoms with Crippen LogP contribution in [0.1, 0.15) is 33.6 Å². The van der Waals surface area contributed by atoms with Gasteiger partial charge in [0.05, 0.1) is 18.6 Å². The number of piperidine rings is 1. The van der Waals surface area contributed by atoms with Crippen LogP contribution in [-0.4, -0.2) is 66.8 Å². The van der Waals surface area contributed by atoms with Gasteiger partial charge in [0.2, 0.25) is 11.8 Å². The van der Waals surface area contributed by atoms with E-state index in [0.29, 0.717) is 26.3 Å². The standard InChI is InChI=1S/C16H26N2O4/c1-12(19)17-6-4-13(5-7-17)14(20)18-8-16(9-18)10-21-15(2,3)22-11-16/h13H,4-11H2,1-3H3. The molecular formula is C16H26N2O4. The van der Waals surface area contributed by atoms with Crippen LogP contribution in [0.3, 0.4) is 0 Å². The van der Waals surface area contributed by atoms with Crippen molar-refractivity contribution in [1.29, 1.82) is 0 Å². The normalized spacial score (nSPS) is 27.6. The summed E-state index contributed by atoms with van der Waals surface area (Å²) in [6.07, 6.45) is 1.56. The van der Waals surface area contributed by atoms with E-state index in [2.05, 4.69) is 0 Å². The summed E-state index contributed by atoms with van der Waals surface area (Å²) in [5.74, 6) is -0.101. The molecular weight excluding hydrogens is 284 g/mol. The Bertz CT molecular complexity index is 451. The molecule has 0 atom stereocenters. The van der Waals surface area contributed by atoms with Gasteiger partial charge < -0.3 is 19.3 Å². The van der Waals surface area contributed by atoms with Gasteiger partial charge in [-0.2, -0.15) is 0 Å². The molecule has 0 aromatic rings. The molecule has 0 N–H and O–H groups in total. The maximum atomic E-state index is 12.6. The minimum Gasteiger partial charge on any atom is -0.350 e. The summed E-state index contributed by atoms with van der Waals surface area (Å²) in [7, 11) is 0. The average molecular weight is 310 g/mol. The molecule has 0 saturated carbocycles. The van der Waals surface area contributed by atoms with Gasteiger partial charge in [-0.25, -0.2) is 0 Å². The van der Waals surface area contributed by atoms with E-state index in [4.69, 9.17) is 9.47 Å². The Hall–Kier alpha value is -1.14. The van der Waals surface area contributed by atoms with Crippen LogP contribution in [0.5, 0.6) is 0 Å². The predicted molar refractivity (Wildman–Crippen MR) is 80.0 cm³/mol. The van der Waals surface area contributed by atoms with Crippen LogP contribution in [0.15, 0.2) is 0 Å². The Balaban J connectivity index is 1.47. The lowest BCUT2D eigenvalue weighted by molar-refractivity contribution is -0.303. The summed E-state index contributed by atoms with van der Waals surface area (Å²) in [5, 5.41) is 0. The van der Waals surface area contributed by atoms with Crippen molar-refractivity contribution in [2.24, 2.45) is 11.3 Å². The monoisotopic (exact) mass is 310 g/mol. The maximum absolute atomic E-state index is 12.6. The highest BCUT2D eigenvalue weighted by molar-refractivity contribution is 5.80. The number of hydrogen-bond acceptors (Lipinski definition) is 4. The van der Waals surface area contributed by atoms with Crippen molar-refractivity contribution in [3.8, 4) is 0 Å². The van der Waals surface area contributed by atoms with Gasteiger partial charge in [0.25, 0.3) is 0 Å². The minimum atomic E-state index is -0.505. The van der Waals surface area contributed by atoms with Gasteiger partial charge in [-0.3, -0.25) is 9.59 Å². The number of hydrogen-bond donors (Lipinski definition) is 0. The van der Waals surface area contributed by atoms with Crippen molar-refractivity contribution in [1.82, 2.24) is 9.80 Å². The molecule has 6 heteroatoms. The van der Waals surface area contributed by atoms with Crippen LogP contribution in [-0.2, 0) is 19.1 Å². The first-order valence-electron chi connectivity index (χ1n) is 8.13. The maximum Gasteiger partial charge on any atom is 0.225 e. The zero-order valence-corrected chi connectivity index (χ0v) is 13.8. The highest BCUT2D eigenvalue weighted by Crippen LogP contribution is 2.38. The van der Waals surface area contributed by atoms with Crippen molar-refractivity contribution in [2.75, 3.05) is 39.4 Å². The van der Waals surface area contributed by atoms with Gasteiger partial charge in [-0.15, -0.1) is 0 Å². The van der Waals surface area contributed by atoms with E-state index in [0.717, 1.165) is 25.9 Å². The third-order valence-electron chi connectivity index (χ3n) is 5.11. The van der Waals surface area contributed by atoms with E-state index in [1.807, 2.05) is 23.6 Å². The van der Waals surface area contributed by atoms with Crippen LogP contribution in [0.25, 0.3) is 0 Å². The van der Waals surface area contributed by atoms with E-state index in [9.17, 15) is 9.59 Å². The molecule has 1 spiro atoms. The van der Waals surface area contributed by atoms with Crippen molar-refractivity contribution in [3.63, 3.8) is 0 Å². The summed E-state index contributed by atoms with van der Waals surface area (Å²) in [6, 6.07) is 0. The van der Waals surface area contributed by atoms with Gasteiger partial charge in [-0.1, -0.05) is 0 Å². The molecule has 3 rings (SSSR count). The fourth-order valence-electron chi connectivity index (χ4n) is 3.54. The van der Waals surface area contributed by atoms with Crippen molar-refractivity contribution < 1.29 is 19.1 Å². The number of ether oxygens (including phenoxy) is 2. The lowest BCUT2D eigenvalue weighted by atomic mass is 9.79. The zero-order chi connectivity index (χ0) is 16.0. The van der Waals surface area contributed by atoms with E-state index < -0.39 is 5.79 Å². The summed E-state index contributed by atoms with van der Waals surface area (Å²) in [5.41, 5.74) is -0.00866. The van der Waals surface area contributed by atoms with Crippen LogP contribution >= 0.6 is 0 Å². The Kier molecular flexibility index (Phi) is 3.93. The van der Waals surface area contributed by atoms with Crippen LogP contribution in [0.2, 0.25) is 0 Å². The molecule has 6 nitrogen and oxygen atoms in total. The fourth-order valence-corrected chi connectivity index (χ4v) is 3.54. The van der Waals surface area contributed by atoms with Crippen molar-refractivity contribution >= 4 is 11.8 Å². The van der Waals surface area contributed by atoms with E-state index >= 15 is 0 Å². The van der Waals surface area contributed by atoms with Gasteiger partial charge in [0.1, 0.15) is 0 Å². The zero-order valence-electron chi connectivity index (χ0n) is 13.8. The molecule has 22 heavy (non-hydrogen) atoms. The lowest BCUT2D eigenvalue weighted by Crippen LogP contribution is -2.66. The quantitative estimate of drug-likeness (QED) is 0.721. The van der Waals surface area contributed by atoms with Crippen LogP contribution in [0.4, 0.5) is 0 Å². The topological polar surface area (TPSA) is 59.1 Å². The predicted octanol–water partition coefficient (Wildman–Crippen LogP) is 0.856. The SMILES string of the molecule is CC(=O)N1CCC(C(=O)N2CC3(COC(C)(C)OC3)C2)CC1. The Labute approximate surface area is 131 Å². The summed E-state index contributed by atoms with van der Waals surface area (Å²) in [4.78, 5) is 27.6. The highest BCUT2D eigenvalue weighted by atomic mass is 16.7. The molecule has 3 saturated heterocycles. The number of rotatable bonds is 1. The molecule has 124 valence electrons. The molecule has 0 aliphatic carbocycles. The largest absolute Gasteiger partial charge is 0.350 e. The first-order valence-corrected chi connectivity index (χ1v) is 8.13. The third kappa shape index (κ3) is 2.99. The third-order valence-corrected chi connectivity index (χ3v) is 5.11. The summed E-state index contributed by atoms with van der Waals surface area (Å²) in [6.45, 7) is 9.61. The second-order valence-electron chi connectivity index (χ2n) is 7.45. The van der Waals surface area contributed by atoms with E-state index in [1.165, 1.54) is 0 Å². The average Bonchev–Trinajstić information content (AvgIpc) is 2.45. The van der Waals surface area contributed by atoms with Crippen molar-refractivity contribution in [3.05, 3.63) is 0 Å².